The Morgan fingerprint density at radius 3 is 2.33 bits per heavy atom. The highest BCUT2D eigenvalue weighted by Crippen LogP contribution is 2.18. The fraction of sp³-hybridized carbons (Fsp3) is 0.421. The highest BCUT2D eigenvalue weighted by molar-refractivity contribution is 7.85. The van der Waals surface area contributed by atoms with Crippen LogP contribution in [-0.4, -0.2) is 48.7 Å². The van der Waals surface area contributed by atoms with Crippen molar-refractivity contribution in [3.8, 4) is 0 Å². The zero-order chi connectivity index (χ0) is 20.2. The van der Waals surface area contributed by atoms with Gasteiger partial charge in [0.05, 0.1) is 4.90 Å². The number of likely N-dealkylation sites (tertiary alicyclic amines) is 1. The number of benzene rings is 2. The number of rotatable bonds is 1. The van der Waals surface area contributed by atoms with Crippen molar-refractivity contribution in [1.82, 2.24) is 4.90 Å². The highest BCUT2D eigenvalue weighted by atomic mass is 32.2. The largest absolute Gasteiger partial charge is 0.444 e. The van der Waals surface area contributed by atoms with Gasteiger partial charge in [0.2, 0.25) is 0 Å². The molecule has 0 bridgehead atoms. The first-order valence-electron chi connectivity index (χ1n) is 8.65. The number of nitrogens with two attached hydrogens (primary N) is 1. The standard InChI is InChI=1S/C10H8O3S.C9H18N2O2/c11-14(12,13)10-6-5-8-3-1-2-4-9(8)7-10;1-9(2,3)13-8(12)11-5-4-7(10)6-11/h1-7H,(H,11,12,13);7H,4-6,10H2,1-3H3/t;7-/m.0/s1. The molecule has 27 heavy (non-hydrogen) atoms. The van der Waals surface area contributed by atoms with Gasteiger partial charge in [-0.3, -0.25) is 4.55 Å². The maximum atomic E-state index is 11.5. The van der Waals surface area contributed by atoms with Gasteiger partial charge in [0.25, 0.3) is 10.1 Å². The Balaban J connectivity index is 0.000000194. The van der Waals surface area contributed by atoms with Crippen molar-refractivity contribution in [2.75, 3.05) is 13.1 Å². The van der Waals surface area contributed by atoms with E-state index in [-0.39, 0.29) is 17.0 Å². The number of fused-ring (bicyclic) bond motifs is 1. The van der Waals surface area contributed by atoms with Crippen molar-refractivity contribution < 1.29 is 22.5 Å². The quantitative estimate of drug-likeness (QED) is 0.720. The summed E-state index contributed by atoms with van der Waals surface area (Å²) in [6, 6.07) is 12.0. The predicted molar refractivity (Wildman–Crippen MR) is 104 cm³/mol. The van der Waals surface area contributed by atoms with Crippen LogP contribution in [0.1, 0.15) is 27.2 Å². The Bertz CT molecular complexity index is 906. The van der Waals surface area contributed by atoms with E-state index in [1.165, 1.54) is 12.1 Å². The van der Waals surface area contributed by atoms with E-state index in [1.807, 2.05) is 39.0 Å². The van der Waals surface area contributed by atoms with E-state index >= 15 is 0 Å². The fourth-order valence-corrected chi connectivity index (χ4v) is 3.12. The first-order valence-corrected chi connectivity index (χ1v) is 10.1. The summed E-state index contributed by atoms with van der Waals surface area (Å²) < 4.78 is 35.7. The molecule has 1 amide bonds. The molecular formula is C19H26N2O5S. The normalized spacial score (nSPS) is 17.4. The molecule has 2 aromatic rings. The molecule has 3 rings (SSSR count). The lowest BCUT2D eigenvalue weighted by atomic mass is 10.1. The molecule has 1 saturated heterocycles. The number of carbonyl (C=O) groups excluding carboxylic acids is 1. The number of carbonyl (C=O) groups is 1. The number of nitrogens with zero attached hydrogens (tertiary/aromatic N) is 1. The molecule has 0 saturated carbocycles. The zero-order valence-electron chi connectivity index (χ0n) is 15.8. The second-order valence-electron chi connectivity index (χ2n) is 7.46. The van der Waals surface area contributed by atoms with Crippen LogP contribution in [-0.2, 0) is 14.9 Å². The van der Waals surface area contributed by atoms with Gasteiger partial charge in [0.1, 0.15) is 5.60 Å². The summed E-state index contributed by atoms with van der Waals surface area (Å²) in [5.74, 6) is 0. The lowest BCUT2D eigenvalue weighted by Crippen LogP contribution is -2.36. The van der Waals surface area contributed by atoms with Crippen LogP contribution in [0.2, 0.25) is 0 Å². The number of hydrogen-bond acceptors (Lipinski definition) is 5. The lowest BCUT2D eigenvalue weighted by molar-refractivity contribution is 0.0292. The van der Waals surface area contributed by atoms with Crippen LogP contribution in [0.15, 0.2) is 47.4 Å². The Labute approximate surface area is 159 Å². The minimum absolute atomic E-state index is 0.0730. The van der Waals surface area contributed by atoms with E-state index in [1.54, 1.807) is 17.0 Å². The third-order valence-electron chi connectivity index (χ3n) is 3.90. The number of amides is 1. The summed E-state index contributed by atoms with van der Waals surface area (Å²) in [6.07, 6.45) is 0.625. The van der Waals surface area contributed by atoms with E-state index < -0.39 is 15.7 Å². The second-order valence-corrected chi connectivity index (χ2v) is 8.88. The molecule has 1 fully saturated rings. The van der Waals surface area contributed by atoms with Gasteiger partial charge < -0.3 is 15.4 Å². The molecule has 1 heterocycles. The highest BCUT2D eigenvalue weighted by Gasteiger charge is 2.27. The Kier molecular flexibility index (Phi) is 6.46. The number of hydrogen-bond donors (Lipinski definition) is 2. The maximum Gasteiger partial charge on any atom is 0.410 e. The van der Waals surface area contributed by atoms with Crippen molar-refractivity contribution in [3.05, 3.63) is 42.5 Å². The average molecular weight is 394 g/mol. The summed E-state index contributed by atoms with van der Waals surface area (Å²) in [6.45, 7) is 6.92. The molecule has 1 aliphatic heterocycles. The predicted octanol–water partition coefficient (Wildman–Crippen LogP) is 3.04. The topological polar surface area (TPSA) is 110 Å². The molecule has 0 radical (unpaired) electrons. The number of ether oxygens (including phenoxy) is 1. The van der Waals surface area contributed by atoms with E-state index in [9.17, 15) is 13.2 Å². The molecule has 8 heteroatoms. The third-order valence-corrected chi connectivity index (χ3v) is 4.74. The van der Waals surface area contributed by atoms with Gasteiger partial charge in [-0.05, 0) is 50.1 Å². The van der Waals surface area contributed by atoms with Crippen LogP contribution in [0, 0.1) is 0 Å². The van der Waals surface area contributed by atoms with Gasteiger partial charge in [-0.15, -0.1) is 0 Å². The van der Waals surface area contributed by atoms with Gasteiger partial charge in [0, 0.05) is 19.1 Å². The van der Waals surface area contributed by atoms with E-state index in [4.69, 9.17) is 15.0 Å². The van der Waals surface area contributed by atoms with E-state index in [0.29, 0.717) is 6.54 Å². The Hall–Kier alpha value is -2.16. The third kappa shape index (κ3) is 6.50. The summed E-state index contributed by atoms with van der Waals surface area (Å²) in [5.41, 5.74) is 5.26. The van der Waals surface area contributed by atoms with Crippen molar-refractivity contribution in [3.63, 3.8) is 0 Å². The molecular weight excluding hydrogens is 368 g/mol. The summed E-state index contributed by atoms with van der Waals surface area (Å²) in [5, 5.41) is 1.74. The molecule has 0 aromatic heterocycles. The van der Waals surface area contributed by atoms with Crippen LogP contribution in [0.4, 0.5) is 4.79 Å². The summed E-state index contributed by atoms with van der Waals surface area (Å²) in [4.78, 5) is 13.0. The van der Waals surface area contributed by atoms with Crippen molar-refractivity contribution >= 4 is 27.0 Å². The zero-order valence-corrected chi connectivity index (χ0v) is 16.6. The molecule has 1 aliphatic rings. The minimum atomic E-state index is -4.09. The van der Waals surface area contributed by atoms with Crippen LogP contribution >= 0.6 is 0 Å². The first kappa shape index (κ1) is 21.1. The average Bonchev–Trinajstić information content (AvgIpc) is 2.99. The summed E-state index contributed by atoms with van der Waals surface area (Å²) in [7, 11) is -4.09. The molecule has 0 aliphatic carbocycles. The summed E-state index contributed by atoms with van der Waals surface area (Å²) >= 11 is 0. The Morgan fingerprint density at radius 1 is 1.19 bits per heavy atom. The molecule has 0 spiro atoms. The van der Waals surface area contributed by atoms with Gasteiger partial charge in [-0.2, -0.15) is 8.42 Å². The van der Waals surface area contributed by atoms with Crippen molar-refractivity contribution in [2.24, 2.45) is 5.73 Å². The maximum absolute atomic E-state index is 11.5. The molecule has 0 unspecified atom stereocenters. The fourth-order valence-electron chi connectivity index (χ4n) is 2.61. The van der Waals surface area contributed by atoms with Crippen LogP contribution in [0.3, 0.4) is 0 Å². The smallest absolute Gasteiger partial charge is 0.410 e. The second kappa shape index (κ2) is 8.24. The van der Waals surface area contributed by atoms with Crippen LogP contribution in [0.5, 0.6) is 0 Å². The minimum Gasteiger partial charge on any atom is -0.444 e. The van der Waals surface area contributed by atoms with Gasteiger partial charge >= 0.3 is 6.09 Å². The molecule has 7 nitrogen and oxygen atoms in total. The lowest BCUT2D eigenvalue weighted by Gasteiger charge is -2.24. The van der Waals surface area contributed by atoms with E-state index in [2.05, 4.69) is 0 Å². The molecule has 3 N–H and O–H groups in total. The van der Waals surface area contributed by atoms with Crippen LogP contribution in [0.25, 0.3) is 10.8 Å². The first-order chi connectivity index (χ1) is 12.5. The van der Waals surface area contributed by atoms with Crippen molar-refractivity contribution in [2.45, 2.75) is 43.7 Å². The van der Waals surface area contributed by atoms with Crippen molar-refractivity contribution in [1.29, 1.82) is 0 Å². The molecule has 1 atom stereocenters. The van der Waals surface area contributed by atoms with Gasteiger partial charge in [-0.25, -0.2) is 4.79 Å². The van der Waals surface area contributed by atoms with Crippen LogP contribution < -0.4 is 5.73 Å². The van der Waals surface area contributed by atoms with E-state index in [0.717, 1.165) is 23.7 Å². The van der Waals surface area contributed by atoms with Gasteiger partial charge in [0.15, 0.2) is 0 Å². The molecule has 148 valence electrons. The monoisotopic (exact) mass is 394 g/mol. The SMILES string of the molecule is CC(C)(C)OC(=O)N1CC[C@H](N)C1.O=S(=O)(O)c1ccc2ccccc2c1. The Morgan fingerprint density at radius 2 is 1.81 bits per heavy atom. The van der Waals surface area contributed by atoms with Gasteiger partial charge in [-0.1, -0.05) is 30.3 Å². The molecule has 2 aromatic carbocycles.